The fraction of sp³-hybridized carbons (Fsp3) is 0.520. The molecule has 0 bridgehead atoms. The fourth-order valence-corrected chi connectivity index (χ4v) is 5.12. The third-order valence-electron chi connectivity index (χ3n) is 6.04. The van der Waals surface area contributed by atoms with Gasteiger partial charge in [0.15, 0.2) is 0 Å². The van der Waals surface area contributed by atoms with Crippen LogP contribution >= 0.6 is 11.3 Å². The van der Waals surface area contributed by atoms with Gasteiger partial charge in [0, 0.05) is 23.9 Å². The first-order valence-corrected chi connectivity index (χ1v) is 12.1. The van der Waals surface area contributed by atoms with Crippen molar-refractivity contribution in [3.63, 3.8) is 0 Å². The molecular formula is C25H32N2O3S. The quantitative estimate of drug-likeness (QED) is 0.603. The first kappa shape index (κ1) is 21.9. The van der Waals surface area contributed by atoms with E-state index in [0.29, 0.717) is 25.5 Å². The molecule has 0 saturated heterocycles. The van der Waals surface area contributed by atoms with Crippen LogP contribution in [0.5, 0.6) is 5.75 Å². The summed E-state index contributed by atoms with van der Waals surface area (Å²) >= 11 is 1.75. The molecule has 4 rings (SSSR count). The highest BCUT2D eigenvalue weighted by atomic mass is 32.1. The Morgan fingerprint density at radius 2 is 1.94 bits per heavy atom. The first-order chi connectivity index (χ1) is 14.9. The number of ether oxygens (including phenoxy) is 1. The van der Waals surface area contributed by atoms with E-state index in [4.69, 9.17) is 4.74 Å². The molecule has 1 atom stereocenters. The number of fused-ring (bicyclic) bond motifs is 1. The Morgan fingerprint density at radius 3 is 2.61 bits per heavy atom. The zero-order chi connectivity index (χ0) is 22.0. The molecule has 31 heavy (non-hydrogen) atoms. The van der Waals surface area contributed by atoms with E-state index in [-0.39, 0.29) is 30.4 Å². The summed E-state index contributed by atoms with van der Waals surface area (Å²) in [7, 11) is 0. The molecule has 0 N–H and O–H groups in total. The van der Waals surface area contributed by atoms with Gasteiger partial charge in [-0.3, -0.25) is 9.59 Å². The number of rotatable bonds is 8. The van der Waals surface area contributed by atoms with E-state index in [1.54, 1.807) is 11.3 Å². The molecule has 1 aromatic heterocycles. The van der Waals surface area contributed by atoms with Gasteiger partial charge in [-0.05, 0) is 61.2 Å². The molecule has 2 aliphatic rings. The van der Waals surface area contributed by atoms with Crippen molar-refractivity contribution in [3.05, 3.63) is 51.7 Å². The minimum atomic E-state index is -0.120. The molecular weight excluding hydrogens is 408 g/mol. The van der Waals surface area contributed by atoms with Crippen LogP contribution in [0.2, 0.25) is 0 Å². The van der Waals surface area contributed by atoms with Crippen LogP contribution in [0.4, 0.5) is 0 Å². The second-order valence-electron chi connectivity index (χ2n) is 9.13. The van der Waals surface area contributed by atoms with Gasteiger partial charge in [0.25, 0.3) is 0 Å². The topological polar surface area (TPSA) is 49.9 Å². The van der Waals surface area contributed by atoms with Crippen molar-refractivity contribution >= 4 is 23.2 Å². The molecule has 2 amide bonds. The van der Waals surface area contributed by atoms with Gasteiger partial charge in [-0.25, -0.2) is 0 Å². The van der Waals surface area contributed by atoms with Crippen LogP contribution in [0, 0.1) is 12.8 Å². The Hall–Kier alpha value is -2.34. The summed E-state index contributed by atoms with van der Waals surface area (Å²) in [5.74, 6) is 1.24. The van der Waals surface area contributed by atoms with Crippen molar-refractivity contribution in [2.75, 3.05) is 19.7 Å². The molecule has 5 nitrogen and oxygen atoms in total. The van der Waals surface area contributed by atoms with E-state index >= 15 is 0 Å². The maximum absolute atomic E-state index is 13.4. The Kier molecular flexibility index (Phi) is 6.65. The van der Waals surface area contributed by atoms with Crippen molar-refractivity contribution in [2.24, 2.45) is 5.92 Å². The molecule has 0 spiro atoms. The molecule has 166 valence electrons. The number of hydrogen-bond donors (Lipinski definition) is 0. The Balaban J connectivity index is 1.48. The zero-order valence-electron chi connectivity index (χ0n) is 18.7. The van der Waals surface area contributed by atoms with Gasteiger partial charge in [0.2, 0.25) is 11.8 Å². The lowest BCUT2D eigenvalue weighted by Crippen LogP contribution is -2.48. The van der Waals surface area contributed by atoms with Gasteiger partial charge in [-0.15, -0.1) is 11.3 Å². The van der Waals surface area contributed by atoms with E-state index in [0.717, 1.165) is 25.0 Å². The lowest BCUT2D eigenvalue weighted by atomic mass is 10.00. The molecule has 1 aliphatic carbocycles. The van der Waals surface area contributed by atoms with Gasteiger partial charge in [-0.1, -0.05) is 31.5 Å². The van der Waals surface area contributed by atoms with Crippen LogP contribution in [-0.2, 0) is 16.0 Å². The summed E-state index contributed by atoms with van der Waals surface area (Å²) < 4.78 is 6.10. The van der Waals surface area contributed by atoms with E-state index in [1.165, 1.54) is 16.0 Å². The van der Waals surface area contributed by atoms with Crippen molar-refractivity contribution in [2.45, 2.75) is 58.5 Å². The lowest BCUT2D eigenvalue weighted by molar-refractivity contribution is -0.143. The van der Waals surface area contributed by atoms with Crippen LogP contribution in [0.1, 0.15) is 55.2 Å². The Labute approximate surface area is 189 Å². The number of carbonyl (C=O) groups excluding carboxylic acids is 2. The summed E-state index contributed by atoms with van der Waals surface area (Å²) in [5, 5.41) is 2.10. The summed E-state index contributed by atoms with van der Waals surface area (Å²) in [6.07, 6.45) is 3.37. The molecule has 0 radical (unpaired) electrons. The number of nitrogens with zero attached hydrogens (tertiary/aromatic N) is 2. The van der Waals surface area contributed by atoms with Gasteiger partial charge < -0.3 is 14.5 Å². The summed E-state index contributed by atoms with van der Waals surface area (Å²) in [4.78, 5) is 31.3. The minimum absolute atomic E-state index is 0.0263. The van der Waals surface area contributed by atoms with E-state index in [1.807, 2.05) is 47.9 Å². The van der Waals surface area contributed by atoms with E-state index in [2.05, 4.69) is 18.4 Å². The number of thiophene rings is 1. The standard InChI is InChI=1S/C25H32N2O3S/c1-17(2)14-24(28)27(19-6-7-19)15-25(29)26-12-10-23-21(11-13-31-23)22(26)16-30-20-8-4-18(3)5-9-20/h4-5,8-9,11,13,17,19,22H,6-7,10,12,14-16H2,1-3H3/t22-/m1/s1. The molecule has 1 saturated carbocycles. The molecule has 1 fully saturated rings. The number of amides is 2. The highest BCUT2D eigenvalue weighted by molar-refractivity contribution is 7.10. The number of carbonyl (C=O) groups is 2. The molecule has 6 heteroatoms. The first-order valence-electron chi connectivity index (χ1n) is 11.3. The highest BCUT2D eigenvalue weighted by Gasteiger charge is 2.37. The molecule has 0 unspecified atom stereocenters. The maximum Gasteiger partial charge on any atom is 0.242 e. The van der Waals surface area contributed by atoms with Gasteiger partial charge >= 0.3 is 0 Å². The van der Waals surface area contributed by atoms with Crippen molar-refractivity contribution in [1.29, 1.82) is 0 Å². The second-order valence-corrected chi connectivity index (χ2v) is 10.1. The molecule has 1 aliphatic heterocycles. The normalized spacial score (nSPS) is 18.1. The predicted octanol–water partition coefficient (Wildman–Crippen LogP) is 4.60. The third-order valence-corrected chi connectivity index (χ3v) is 7.04. The third kappa shape index (κ3) is 5.29. The smallest absolute Gasteiger partial charge is 0.242 e. The Bertz CT molecular complexity index is 917. The van der Waals surface area contributed by atoms with Crippen molar-refractivity contribution in [3.8, 4) is 5.75 Å². The van der Waals surface area contributed by atoms with Crippen LogP contribution in [0.25, 0.3) is 0 Å². The van der Waals surface area contributed by atoms with Gasteiger partial charge in [0.05, 0.1) is 6.04 Å². The number of aryl methyl sites for hydroxylation is 1. The van der Waals surface area contributed by atoms with Gasteiger partial charge in [0.1, 0.15) is 18.9 Å². The van der Waals surface area contributed by atoms with Crippen LogP contribution in [-0.4, -0.2) is 47.4 Å². The lowest BCUT2D eigenvalue weighted by Gasteiger charge is -2.37. The monoisotopic (exact) mass is 440 g/mol. The van der Waals surface area contributed by atoms with E-state index in [9.17, 15) is 9.59 Å². The summed E-state index contributed by atoms with van der Waals surface area (Å²) in [5.41, 5.74) is 2.37. The number of benzene rings is 1. The SMILES string of the molecule is Cc1ccc(OC[C@@H]2c3ccsc3CCN2C(=O)CN(C(=O)CC(C)C)C2CC2)cc1. The number of hydrogen-bond acceptors (Lipinski definition) is 4. The highest BCUT2D eigenvalue weighted by Crippen LogP contribution is 2.35. The molecule has 2 aromatic rings. The summed E-state index contributed by atoms with van der Waals surface area (Å²) in [6.45, 7) is 7.41. The fourth-order valence-electron chi connectivity index (χ4n) is 4.19. The van der Waals surface area contributed by atoms with Crippen LogP contribution in [0.3, 0.4) is 0 Å². The predicted molar refractivity (Wildman–Crippen MR) is 123 cm³/mol. The second kappa shape index (κ2) is 9.43. The van der Waals surface area contributed by atoms with Crippen molar-refractivity contribution < 1.29 is 14.3 Å². The van der Waals surface area contributed by atoms with Crippen molar-refractivity contribution in [1.82, 2.24) is 9.80 Å². The molecule has 1 aromatic carbocycles. The Morgan fingerprint density at radius 1 is 1.19 bits per heavy atom. The maximum atomic E-state index is 13.4. The average Bonchev–Trinajstić information content (AvgIpc) is 3.46. The van der Waals surface area contributed by atoms with Gasteiger partial charge in [-0.2, -0.15) is 0 Å². The average molecular weight is 441 g/mol. The minimum Gasteiger partial charge on any atom is -0.491 e. The van der Waals surface area contributed by atoms with Crippen LogP contribution in [0.15, 0.2) is 35.7 Å². The van der Waals surface area contributed by atoms with E-state index < -0.39 is 0 Å². The van der Waals surface area contributed by atoms with Crippen LogP contribution < -0.4 is 4.74 Å². The zero-order valence-corrected chi connectivity index (χ0v) is 19.5. The largest absolute Gasteiger partial charge is 0.491 e. The molecule has 2 heterocycles. The summed E-state index contributed by atoms with van der Waals surface area (Å²) in [6, 6.07) is 10.2.